The molecular formula is C9H8N4O4. The third-order valence-corrected chi connectivity index (χ3v) is 2.05. The van der Waals surface area contributed by atoms with E-state index in [2.05, 4.69) is 10.0 Å². The number of non-ortho nitro benzene ring substituents is 1. The third-order valence-electron chi connectivity index (χ3n) is 2.05. The first kappa shape index (κ1) is 12.5. The molecule has 8 nitrogen and oxygen atoms in total. The molecule has 0 saturated carbocycles. The summed E-state index contributed by atoms with van der Waals surface area (Å²) < 4.78 is 0. The van der Waals surface area contributed by atoms with Gasteiger partial charge in [0, 0.05) is 17.0 Å². The smallest absolute Gasteiger partial charge is 0.312 e. The van der Waals surface area contributed by atoms with Gasteiger partial charge in [0.1, 0.15) is 6.04 Å². The molecule has 1 aromatic carbocycles. The van der Waals surface area contributed by atoms with Gasteiger partial charge in [-0.3, -0.25) is 14.9 Å². The minimum Gasteiger partial charge on any atom is -0.481 e. The van der Waals surface area contributed by atoms with Gasteiger partial charge < -0.3 is 5.11 Å². The number of carboxylic acid groups (broad SMARTS) is 1. The highest BCUT2D eigenvalue weighted by molar-refractivity contribution is 5.74. The molecule has 0 heterocycles. The van der Waals surface area contributed by atoms with Crippen molar-refractivity contribution in [3.05, 3.63) is 50.4 Å². The molecule has 0 aromatic heterocycles. The number of azide groups is 1. The van der Waals surface area contributed by atoms with Crippen molar-refractivity contribution in [2.75, 3.05) is 0 Å². The zero-order chi connectivity index (χ0) is 12.8. The molecule has 1 aromatic rings. The van der Waals surface area contributed by atoms with Crippen molar-refractivity contribution in [1.29, 1.82) is 0 Å². The minimum absolute atomic E-state index is 0.00259. The van der Waals surface area contributed by atoms with Crippen molar-refractivity contribution in [1.82, 2.24) is 0 Å². The second-order valence-corrected chi connectivity index (χ2v) is 3.19. The van der Waals surface area contributed by atoms with Crippen LogP contribution in [0.2, 0.25) is 0 Å². The number of benzene rings is 1. The van der Waals surface area contributed by atoms with Crippen molar-refractivity contribution >= 4 is 11.7 Å². The topological polar surface area (TPSA) is 129 Å². The van der Waals surface area contributed by atoms with Crippen LogP contribution in [0.4, 0.5) is 5.69 Å². The summed E-state index contributed by atoms with van der Waals surface area (Å²) in [7, 11) is 0. The Morgan fingerprint density at radius 1 is 1.53 bits per heavy atom. The molecule has 8 heteroatoms. The van der Waals surface area contributed by atoms with Crippen LogP contribution >= 0.6 is 0 Å². The Kier molecular flexibility index (Phi) is 4.02. The number of hydrogen-bond acceptors (Lipinski definition) is 4. The lowest BCUT2D eigenvalue weighted by atomic mass is 10.1. The third kappa shape index (κ3) is 3.47. The van der Waals surface area contributed by atoms with Crippen LogP contribution in [0, 0.1) is 10.1 Å². The number of aliphatic carboxylic acids is 1. The van der Waals surface area contributed by atoms with Crippen molar-refractivity contribution in [2.24, 2.45) is 5.11 Å². The molecule has 1 atom stereocenters. The fraction of sp³-hybridized carbons (Fsp3) is 0.222. The first-order chi connectivity index (χ1) is 8.04. The first-order valence-electron chi connectivity index (χ1n) is 4.55. The van der Waals surface area contributed by atoms with Crippen molar-refractivity contribution in [3.63, 3.8) is 0 Å². The van der Waals surface area contributed by atoms with Gasteiger partial charge in [-0.25, -0.2) is 0 Å². The van der Waals surface area contributed by atoms with Gasteiger partial charge in [0.15, 0.2) is 0 Å². The number of carboxylic acids is 1. The fourth-order valence-corrected chi connectivity index (χ4v) is 1.22. The number of nitro benzene ring substituents is 1. The van der Waals surface area contributed by atoms with Crippen LogP contribution in [0.15, 0.2) is 29.4 Å². The Balaban J connectivity index is 2.83. The molecule has 0 saturated heterocycles. The van der Waals surface area contributed by atoms with E-state index in [4.69, 9.17) is 10.6 Å². The number of hydrogen-bond donors (Lipinski definition) is 1. The van der Waals surface area contributed by atoms with Crippen LogP contribution in [0.25, 0.3) is 10.4 Å². The van der Waals surface area contributed by atoms with E-state index in [1.807, 2.05) is 0 Å². The lowest BCUT2D eigenvalue weighted by Crippen LogP contribution is -2.19. The molecule has 0 bridgehead atoms. The predicted molar refractivity (Wildman–Crippen MR) is 57.4 cm³/mol. The summed E-state index contributed by atoms with van der Waals surface area (Å²) in [5.74, 6) is -1.24. The predicted octanol–water partition coefficient (Wildman–Crippen LogP) is 1.90. The van der Waals surface area contributed by atoms with Crippen LogP contribution in [0.5, 0.6) is 0 Å². The van der Waals surface area contributed by atoms with E-state index in [0.29, 0.717) is 5.56 Å². The van der Waals surface area contributed by atoms with Crippen LogP contribution in [0.1, 0.15) is 5.56 Å². The summed E-state index contributed by atoms with van der Waals surface area (Å²) in [4.78, 5) is 23.0. The van der Waals surface area contributed by atoms with E-state index in [0.717, 1.165) is 0 Å². The van der Waals surface area contributed by atoms with Gasteiger partial charge in [-0.2, -0.15) is 0 Å². The standard InChI is InChI=1S/C9H8N4O4/c10-12-11-8(9(14)15)5-6-1-3-7(4-2-6)13(16)17/h1-4,8H,5H2,(H,14,15). The molecule has 88 valence electrons. The maximum Gasteiger partial charge on any atom is 0.312 e. The highest BCUT2D eigenvalue weighted by Gasteiger charge is 2.16. The summed E-state index contributed by atoms with van der Waals surface area (Å²) >= 11 is 0. The molecule has 0 aliphatic rings. The molecule has 0 aliphatic heterocycles. The summed E-state index contributed by atoms with van der Waals surface area (Å²) in [5.41, 5.74) is 8.66. The Morgan fingerprint density at radius 3 is 2.53 bits per heavy atom. The number of rotatable bonds is 5. The van der Waals surface area contributed by atoms with Gasteiger partial charge in [0.05, 0.1) is 4.92 Å². The van der Waals surface area contributed by atoms with Gasteiger partial charge >= 0.3 is 5.97 Å². The van der Waals surface area contributed by atoms with Crippen LogP contribution in [-0.4, -0.2) is 22.0 Å². The highest BCUT2D eigenvalue weighted by atomic mass is 16.6. The summed E-state index contributed by atoms with van der Waals surface area (Å²) in [6.07, 6.45) is -0.00259. The summed E-state index contributed by atoms with van der Waals surface area (Å²) in [6, 6.07) is 4.19. The normalized spacial score (nSPS) is 11.3. The molecule has 0 amide bonds. The Bertz CT molecular complexity index is 476. The second kappa shape index (κ2) is 5.47. The Morgan fingerprint density at radius 2 is 2.12 bits per heavy atom. The lowest BCUT2D eigenvalue weighted by molar-refractivity contribution is -0.384. The monoisotopic (exact) mass is 236 g/mol. The van der Waals surface area contributed by atoms with Crippen molar-refractivity contribution in [2.45, 2.75) is 12.5 Å². The zero-order valence-corrected chi connectivity index (χ0v) is 8.55. The van der Waals surface area contributed by atoms with E-state index in [-0.39, 0.29) is 12.1 Å². The minimum atomic E-state index is -1.24. The number of nitro groups is 1. The Hall–Kier alpha value is -2.60. The van der Waals surface area contributed by atoms with E-state index in [1.165, 1.54) is 24.3 Å². The van der Waals surface area contributed by atoms with Crippen molar-refractivity contribution < 1.29 is 14.8 Å². The summed E-state index contributed by atoms with van der Waals surface area (Å²) in [5, 5.41) is 22.2. The van der Waals surface area contributed by atoms with Gasteiger partial charge in [-0.15, -0.1) is 0 Å². The molecule has 17 heavy (non-hydrogen) atoms. The van der Waals surface area contributed by atoms with Gasteiger partial charge in [-0.1, -0.05) is 17.2 Å². The quantitative estimate of drug-likeness (QED) is 0.275. The zero-order valence-electron chi connectivity index (χ0n) is 8.55. The fourth-order valence-electron chi connectivity index (χ4n) is 1.22. The molecule has 1 unspecified atom stereocenters. The number of nitrogens with zero attached hydrogens (tertiary/aromatic N) is 4. The molecular weight excluding hydrogens is 228 g/mol. The number of carbonyl (C=O) groups is 1. The lowest BCUT2D eigenvalue weighted by Gasteiger charge is -2.05. The molecule has 1 N–H and O–H groups in total. The second-order valence-electron chi connectivity index (χ2n) is 3.19. The van der Waals surface area contributed by atoms with Crippen LogP contribution < -0.4 is 0 Å². The average Bonchev–Trinajstić information content (AvgIpc) is 2.29. The van der Waals surface area contributed by atoms with Gasteiger partial charge in [0.2, 0.25) is 0 Å². The maximum atomic E-state index is 10.7. The molecule has 0 aliphatic carbocycles. The van der Waals surface area contributed by atoms with E-state index >= 15 is 0 Å². The summed E-state index contributed by atoms with van der Waals surface area (Å²) in [6.45, 7) is 0. The average molecular weight is 236 g/mol. The molecule has 0 radical (unpaired) electrons. The molecule has 0 fully saturated rings. The largest absolute Gasteiger partial charge is 0.481 e. The SMILES string of the molecule is [N-]=[N+]=NC(Cc1ccc([N+](=O)[O-])cc1)C(=O)O. The van der Waals surface area contributed by atoms with Crippen LogP contribution in [-0.2, 0) is 11.2 Å². The highest BCUT2D eigenvalue weighted by Crippen LogP contribution is 2.14. The van der Waals surface area contributed by atoms with Crippen molar-refractivity contribution in [3.8, 4) is 0 Å². The molecule has 0 spiro atoms. The van der Waals surface area contributed by atoms with E-state index < -0.39 is 16.9 Å². The first-order valence-corrected chi connectivity index (χ1v) is 4.55. The van der Waals surface area contributed by atoms with Crippen LogP contribution in [0.3, 0.4) is 0 Å². The van der Waals surface area contributed by atoms with E-state index in [9.17, 15) is 14.9 Å². The van der Waals surface area contributed by atoms with Gasteiger partial charge in [0.25, 0.3) is 5.69 Å². The van der Waals surface area contributed by atoms with E-state index in [1.54, 1.807) is 0 Å². The molecule has 1 rings (SSSR count). The van der Waals surface area contributed by atoms with Gasteiger partial charge in [-0.05, 0) is 17.5 Å². The maximum absolute atomic E-state index is 10.7. The Labute approximate surface area is 95.3 Å².